The Labute approximate surface area is 175 Å². The largest absolute Gasteiger partial charge is 0.497 e. The first kappa shape index (κ1) is 21.1. The van der Waals surface area contributed by atoms with Gasteiger partial charge in [0.05, 0.1) is 19.7 Å². The predicted molar refractivity (Wildman–Crippen MR) is 113 cm³/mol. The molecule has 0 heterocycles. The van der Waals surface area contributed by atoms with Gasteiger partial charge in [-0.25, -0.2) is 5.43 Å². The number of hydrogen-bond acceptors (Lipinski definition) is 6. The van der Waals surface area contributed by atoms with Gasteiger partial charge in [-0.1, -0.05) is 42.5 Å². The third-order valence-electron chi connectivity index (χ3n) is 4.07. The van der Waals surface area contributed by atoms with Crippen LogP contribution in [-0.4, -0.2) is 27.6 Å². The van der Waals surface area contributed by atoms with Crippen molar-refractivity contribution in [1.82, 2.24) is 5.43 Å². The maximum absolute atomic E-state index is 12.6. The molecule has 0 spiro atoms. The molecular weight excluding hydrogens is 404 g/mol. The van der Waals surface area contributed by atoms with E-state index in [0.717, 1.165) is 5.56 Å². The molecule has 0 unspecified atom stereocenters. The van der Waals surface area contributed by atoms with E-state index >= 15 is 0 Å². The minimum atomic E-state index is -4.05. The number of methoxy groups -OCH3 is 1. The zero-order valence-electron chi connectivity index (χ0n) is 16.2. The first-order chi connectivity index (χ1) is 14.5. The topological polar surface area (TPSA) is 94.1 Å². The molecule has 0 fully saturated rings. The highest BCUT2D eigenvalue weighted by Gasteiger charge is 2.18. The summed E-state index contributed by atoms with van der Waals surface area (Å²) >= 11 is 0. The summed E-state index contributed by atoms with van der Waals surface area (Å²) in [6, 6.07) is 21.6. The van der Waals surface area contributed by atoms with Gasteiger partial charge in [0, 0.05) is 5.56 Å². The Morgan fingerprint density at radius 1 is 0.967 bits per heavy atom. The van der Waals surface area contributed by atoms with E-state index in [9.17, 15) is 13.2 Å². The Morgan fingerprint density at radius 2 is 1.63 bits per heavy atom. The van der Waals surface area contributed by atoms with Crippen LogP contribution >= 0.6 is 0 Å². The highest BCUT2D eigenvalue weighted by atomic mass is 32.2. The molecule has 8 heteroatoms. The van der Waals surface area contributed by atoms with Gasteiger partial charge in [0.1, 0.15) is 10.6 Å². The number of carbonyl (C=O) groups is 1. The molecule has 0 aliphatic carbocycles. The number of ether oxygens (including phenoxy) is 1. The van der Waals surface area contributed by atoms with Gasteiger partial charge in [-0.3, -0.25) is 4.79 Å². The molecule has 0 aromatic heterocycles. The van der Waals surface area contributed by atoms with Crippen LogP contribution in [0.3, 0.4) is 0 Å². The summed E-state index contributed by atoms with van der Waals surface area (Å²) in [5.74, 6) is 0.337. The van der Waals surface area contributed by atoms with Crippen LogP contribution < -0.4 is 14.3 Å². The normalized spacial score (nSPS) is 11.2. The van der Waals surface area contributed by atoms with Crippen molar-refractivity contribution in [2.24, 2.45) is 5.10 Å². The molecule has 30 heavy (non-hydrogen) atoms. The number of benzene rings is 3. The number of amides is 1. The molecule has 0 aliphatic rings. The van der Waals surface area contributed by atoms with Crippen molar-refractivity contribution in [3.05, 3.63) is 90.0 Å². The van der Waals surface area contributed by atoms with Crippen molar-refractivity contribution in [2.75, 3.05) is 7.11 Å². The molecule has 1 amide bonds. The number of hydrogen-bond donors (Lipinski definition) is 1. The molecule has 0 bridgehead atoms. The number of carbonyl (C=O) groups excluding carboxylic acids is 1. The number of rotatable bonds is 8. The fourth-order valence-corrected chi connectivity index (χ4v) is 3.52. The molecule has 7 nitrogen and oxygen atoms in total. The first-order valence-electron chi connectivity index (χ1n) is 9.01. The van der Waals surface area contributed by atoms with Crippen molar-refractivity contribution in [2.45, 2.75) is 11.3 Å². The summed E-state index contributed by atoms with van der Waals surface area (Å²) in [5, 5.41) is 3.91. The van der Waals surface area contributed by atoms with Crippen LogP contribution in [0, 0.1) is 0 Å². The van der Waals surface area contributed by atoms with Crippen molar-refractivity contribution >= 4 is 22.2 Å². The van der Waals surface area contributed by atoms with Gasteiger partial charge >= 0.3 is 10.1 Å². The van der Waals surface area contributed by atoms with E-state index in [1.54, 1.807) is 18.2 Å². The molecule has 0 radical (unpaired) electrons. The zero-order valence-corrected chi connectivity index (χ0v) is 17.0. The summed E-state index contributed by atoms with van der Waals surface area (Å²) < 4.78 is 35.4. The third kappa shape index (κ3) is 5.68. The van der Waals surface area contributed by atoms with Gasteiger partial charge < -0.3 is 8.92 Å². The van der Waals surface area contributed by atoms with Gasteiger partial charge in [0.15, 0.2) is 5.75 Å². The summed E-state index contributed by atoms with van der Waals surface area (Å²) in [5.41, 5.74) is 3.68. The second kappa shape index (κ2) is 9.71. The summed E-state index contributed by atoms with van der Waals surface area (Å²) in [7, 11) is -2.55. The molecule has 0 aliphatic heterocycles. The third-order valence-corrected chi connectivity index (χ3v) is 5.32. The van der Waals surface area contributed by atoms with Crippen molar-refractivity contribution in [3.8, 4) is 11.5 Å². The maximum Gasteiger partial charge on any atom is 0.339 e. The Kier molecular flexibility index (Phi) is 6.82. The van der Waals surface area contributed by atoms with Crippen molar-refractivity contribution in [1.29, 1.82) is 0 Å². The summed E-state index contributed by atoms with van der Waals surface area (Å²) in [6.07, 6.45) is 1.52. The minimum Gasteiger partial charge on any atom is -0.497 e. The fraction of sp³-hybridized carbons (Fsp3) is 0.0909. The van der Waals surface area contributed by atoms with Crippen molar-refractivity contribution in [3.63, 3.8) is 0 Å². The zero-order chi connectivity index (χ0) is 21.4. The second-order valence-electron chi connectivity index (χ2n) is 6.21. The minimum absolute atomic E-state index is 0.00814. The van der Waals surface area contributed by atoms with Crippen LogP contribution in [0.15, 0.2) is 88.9 Å². The highest BCUT2D eigenvalue weighted by Crippen LogP contribution is 2.23. The fourth-order valence-electron chi connectivity index (χ4n) is 2.57. The molecular formula is C22H20N2O5S. The van der Waals surface area contributed by atoms with Crippen LogP contribution in [0.4, 0.5) is 0 Å². The lowest BCUT2D eigenvalue weighted by Crippen LogP contribution is -2.19. The Hall–Kier alpha value is -3.65. The second-order valence-corrected chi connectivity index (χ2v) is 7.75. The average molecular weight is 424 g/mol. The Balaban J connectivity index is 1.69. The first-order valence-corrected chi connectivity index (χ1v) is 10.4. The lowest BCUT2D eigenvalue weighted by atomic mass is 10.1. The number of hydrazone groups is 1. The van der Waals surface area contributed by atoms with Gasteiger partial charge in [-0.2, -0.15) is 13.5 Å². The SMILES string of the molecule is COc1ccc(S(=O)(=O)Oc2ccccc2/C=N/NC(=O)Cc2ccccc2)cc1. The van der Waals surface area contributed by atoms with E-state index in [2.05, 4.69) is 10.5 Å². The lowest BCUT2D eigenvalue weighted by Gasteiger charge is -2.09. The Bertz CT molecular complexity index is 1130. The van der Waals surface area contributed by atoms with E-state index in [1.165, 1.54) is 43.7 Å². The standard InChI is InChI=1S/C22H20N2O5S/c1-28-19-11-13-20(14-12-19)30(26,27)29-21-10-6-5-9-18(21)16-23-24-22(25)15-17-7-3-2-4-8-17/h2-14,16H,15H2,1H3,(H,24,25)/b23-16+. The number of nitrogens with zero attached hydrogens (tertiary/aromatic N) is 1. The smallest absolute Gasteiger partial charge is 0.339 e. The summed E-state index contributed by atoms with van der Waals surface area (Å²) in [4.78, 5) is 12.0. The van der Waals surface area contributed by atoms with Crippen molar-refractivity contribution < 1.29 is 22.1 Å². The number of para-hydroxylation sites is 1. The van der Waals surface area contributed by atoms with E-state index in [4.69, 9.17) is 8.92 Å². The van der Waals surface area contributed by atoms with E-state index in [0.29, 0.717) is 11.3 Å². The maximum atomic E-state index is 12.6. The van der Waals surface area contributed by atoms with Crippen LogP contribution in [-0.2, 0) is 21.3 Å². The molecule has 3 aromatic rings. The monoisotopic (exact) mass is 424 g/mol. The van der Waals surface area contributed by atoms with E-state index in [1.807, 2.05) is 30.3 Å². The van der Waals surface area contributed by atoms with Gasteiger partial charge in [-0.05, 0) is 42.0 Å². The average Bonchev–Trinajstić information content (AvgIpc) is 2.75. The number of nitrogens with one attached hydrogen (secondary N) is 1. The van der Waals surface area contributed by atoms with Crippen LogP contribution in [0.2, 0.25) is 0 Å². The lowest BCUT2D eigenvalue weighted by molar-refractivity contribution is -0.120. The summed E-state index contributed by atoms with van der Waals surface area (Å²) in [6.45, 7) is 0. The van der Waals surface area contributed by atoms with Gasteiger partial charge in [0.25, 0.3) is 0 Å². The van der Waals surface area contributed by atoms with Crippen LogP contribution in [0.5, 0.6) is 11.5 Å². The van der Waals surface area contributed by atoms with Gasteiger partial charge in [-0.15, -0.1) is 0 Å². The molecule has 3 rings (SSSR count). The molecule has 1 N–H and O–H groups in total. The highest BCUT2D eigenvalue weighted by molar-refractivity contribution is 7.87. The van der Waals surface area contributed by atoms with Crippen LogP contribution in [0.1, 0.15) is 11.1 Å². The molecule has 3 aromatic carbocycles. The predicted octanol–water partition coefficient (Wildman–Crippen LogP) is 3.16. The molecule has 0 saturated heterocycles. The van der Waals surface area contributed by atoms with Gasteiger partial charge in [0.2, 0.25) is 5.91 Å². The van der Waals surface area contributed by atoms with E-state index < -0.39 is 10.1 Å². The van der Waals surface area contributed by atoms with E-state index in [-0.39, 0.29) is 23.0 Å². The molecule has 0 saturated carbocycles. The molecule has 154 valence electrons. The quantitative estimate of drug-likeness (QED) is 0.341. The van der Waals surface area contributed by atoms with Crippen LogP contribution in [0.25, 0.3) is 0 Å². The molecule has 0 atom stereocenters. The Morgan fingerprint density at radius 3 is 2.33 bits per heavy atom.